The van der Waals surface area contributed by atoms with Crippen LogP contribution < -0.4 is 5.32 Å². The molecule has 0 radical (unpaired) electrons. The Morgan fingerprint density at radius 3 is 3.00 bits per heavy atom. The number of methoxy groups -OCH3 is 1. The van der Waals surface area contributed by atoms with Gasteiger partial charge in [-0.05, 0) is 18.2 Å². The minimum Gasteiger partial charge on any atom is -0.508 e. The first-order valence-electron chi connectivity index (χ1n) is 4.41. The van der Waals surface area contributed by atoms with E-state index in [1.54, 1.807) is 13.2 Å². The molecule has 78 valence electrons. The van der Waals surface area contributed by atoms with Crippen molar-refractivity contribution < 1.29 is 9.84 Å². The van der Waals surface area contributed by atoms with Crippen molar-refractivity contribution in [3.63, 3.8) is 0 Å². The van der Waals surface area contributed by atoms with Crippen LogP contribution in [0.3, 0.4) is 0 Å². The molecule has 0 heterocycles. The lowest BCUT2D eigenvalue weighted by molar-refractivity contribution is 0.199. The molecule has 0 aromatic heterocycles. The van der Waals surface area contributed by atoms with E-state index in [-0.39, 0.29) is 0 Å². The number of rotatable bonds is 5. The Bertz CT molecular complexity index is 291. The van der Waals surface area contributed by atoms with Crippen molar-refractivity contribution in [2.45, 2.75) is 6.54 Å². The van der Waals surface area contributed by atoms with Gasteiger partial charge in [-0.3, -0.25) is 0 Å². The molecule has 0 atom stereocenters. The molecule has 2 N–H and O–H groups in total. The van der Waals surface area contributed by atoms with Gasteiger partial charge in [0.15, 0.2) is 0 Å². The van der Waals surface area contributed by atoms with E-state index >= 15 is 0 Å². The van der Waals surface area contributed by atoms with E-state index in [0.29, 0.717) is 18.9 Å². The third kappa shape index (κ3) is 3.65. The molecule has 0 spiro atoms. The van der Waals surface area contributed by atoms with Gasteiger partial charge in [-0.15, -0.1) is 0 Å². The van der Waals surface area contributed by atoms with Crippen LogP contribution in [-0.4, -0.2) is 25.4 Å². The number of phenolic OH excluding ortho intramolecular Hbond substituents is 1. The second-order valence-corrected chi connectivity index (χ2v) is 3.86. The molecular weight excluding hydrogens is 246 g/mol. The lowest BCUT2D eigenvalue weighted by Crippen LogP contribution is -2.18. The summed E-state index contributed by atoms with van der Waals surface area (Å²) >= 11 is 3.36. The summed E-state index contributed by atoms with van der Waals surface area (Å²) in [6.07, 6.45) is 0. The average molecular weight is 260 g/mol. The molecule has 1 rings (SSSR count). The van der Waals surface area contributed by atoms with Crippen LogP contribution >= 0.6 is 15.9 Å². The van der Waals surface area contributed by atoms with Gasteiger partial charge in [0, 0.05) is 30.2 Å². The summed E-state index contributed by atoms with van der Waals surface area (Å²) in [6, 6.07) is 5.39. The molecule has 1 aromatic rings. The predicted octanol–water partition coefficient (Wildman–Crippen LogP) is 1.89. The highest BCUT2D eigenvalue weighted by molar-refractivity contribution is 9.10. The second-order valence-electron chi connectivity index (χ2n) is 2.94. The van der Waals surface area contributed by atoms with Crippen LogP contribution in [0.5, 0.6) is 5.75 Å². The molecule has 0 aliphatic carbocycles. The number of aromatic hydroxyl groups is 1. The minimum atomic E-state index is 0.318. The van der Waals surface area contributed by atoms with Crippen LogP contribution in [-0.2, 0) is 11.3 Å². The summed E-state index contributed by atoms with van der Waals surface area (Å²) in [4.78, 5) is 0. The van der Waals surface area contributed by atoms with E-state index in [9.17, 15) is 5.11 Å². The van der Waals surface area contributed by atoms with E-state index in [1.807, 2.05) is 12.1 Å². The van der Waals surface area contributed by atoms with Crippen molar-refractivity contribution in [2.24, 2.45) is 0 Å². The maximum atomic E-state index is 9.50. The summed E-state index contributed by atoms with van der Waals surface area (Å²) in [6.45, 7) is 2.10. The zero-order valence-electron chi connectivity index (χ0n) is 8.09. The van der Waals surface area contributed by atoms with Gasteiger partial charge < -0.3 is 15.2 Å². The van der Waals surface area contributed by atoms with Crippen LogP contribution in [0.2, 0.25) is 0 Å². The molecule has 0 unspecified atom stereocenters. The quantitative estimate of drug-likeness (QED) is 0.794. The topological polar surface area (TPSA) is 41.5 Å². The van der Waals surface area contributed by atoms with Crippen LogP contribution in [0.25, 0.3) is 0 Å². The Hall–Kier alpha value is -0.580. The molecule has 0 bridgehead atoms. The molecule has 4 heteroatoms. The smallest absolute Gasteiger partial charge is 0.120 e. The summed E-state index contributed by atoms with van der Waals surface area (Å²) < 4.78 is 5.87. The average Bonchev–Trinajstić information content (AvgIpc) is 2.18. The standard InChI is InChI=1S/C10H14BrNO2/c1-14-5-4-12-7-8-6-9(11)2-3-10(8)13/h2-3,6,12-13H,4-5,7H2,1H3. The number of hydrogen-bond acceptors (Lipinski definition) is 3. The molecule has 0 aliphatic rings. The molecule has 0 fully saturated rings. The Morgan fingerprint density at radius 2 is 2.29 bits per heavy atom. The van der Waals surface area contributed by atoms with Crippen LogP contribution in [0.4, 0.5) is 0 Å². The van der Waals surface area contributed by atoms with Gasteiger partial charge in [-0.1, -0.05) is 15.9 Å². The maximum absolute atomic E-state index is 9.50. The highest BCUT2D eigenvalue weighted by atomic mass is 79.9. The van der Waals surface area contributed by atoms with Gasteiger partial charge >= 0.3 is 0 Å². The van der Waals surface area contributed by atoms with Crippen molar-refractivity contribution in [2.75, 3.05) is 20.3 Å². The van der Waals surface area contributed by atoms with E-state index in [4.69, 9.17) is 4.74 Å². The van der Waals surface area contributed by atoms with Crippen molar-refractivity contribution in [3.05, 3.63) is 28.2 Å². The van der Waals surface area contributed by atoms with Crippen molar-refractivity contribution in [1.82, 2.24) is 5.32 Å². The number of phenols is 1. The highest BCUT2D eigenvalue weighted by Crippen LogP contribution is 2.21. The van der Waals surface area contributed by atoms with E-state index in [0.717, 1.165) is 16.6 Å². The number of hydrogen-bond donors (Lipinski definition) is 2. The zero-order valence-corrected chi connectivity index (χ0v) is 9.67. The van der Waals surface area contributed by atoms with E-state index < -0.39 is 0 Å². The molecule has 3 nitrogen and oxygen atoms in total. The molecule has 1 aromatic carbocycles. The fourth-order valence-corrected chi connectivity index (χ4v) is 1.50. The Morgan fingerprint density at radius 1 is 1.50 bits per heavy atom. The van der Waals surface area contributed by atoms with E-state index in [2.05, 4.69) is 21.2 Å². The summed E-state index contributed by atoms with van der Waals surface area (Å²) in [5.41, 5.74) is 0.885. The molecule has 0 amide bonds. The van der Waals surface area contributed by atoms with E-state index in [1.165, 1.54) is 0 Å². The number of halogens is 1. The first-order valence-corrected chi connectivity index (χ1v) is 5.20. The number of benzene rings is 1. The van der Waals surface area contributed by atoms with Crippen LogP contribution in [0.15, 0.2) is 22.7 Å². The predicted molar refractivity (Wildman–Crippen MR) is 59.4 cm³/mol. The lowest BCUT2D eigenvalue weighted by atomic mass is 10.2. The van der Waals surface area contributed by atoms with Gasteiger partial charge in [-0.25, -0.2) is 0 Å². The lowest BCUT2D eigenvalue weighted by Gasteiger charge is -2.06. The molecule has 14 heavy (non-hydrogen) atoms. The van der Waals surface area contributed by atoms with Gasteiger partial charge in [-0.2, -0.15) is 0 Å². The Kier molecular flexibility index (Phi) is 4.93. The highest BCUT2D eigenvalue weighted by Gasteiger charge is 2.00. The summed E-state index contributed by atoms with van der Waals surface area (Å²) in [5, 5.41) is 12.7. The zero-order chi connectivity index (χ0) is 10.4. The maximum Gasteiger partial charge on any atom is 0.120 e. The summed E-state index contributed by atoms with van der Waals surface area (Å²) in [7, 11) is 1.66. The number of ether oxygens (including phenoxy) is 1. The number of nitrogens with one attached hydrogen (secondary N) is 1. The van der Waals surface area contributed by atoms with Crippen molar-refractivity contribution >= 4 is 15.9 Å². The Labute approximate surface area is 92.2 Å². The van der Waals surface area contributed by atoms with Crippen molar-refractivity contribution in [1.29, 1.82) is 0 Å². The van der Waals surface area contributed by atoms with Gasteiger partial charge in [0.05, 0.1) is 6.61 Å². The van der Waals surface area contributed by atoms with Crippen LogP contribution in [0.1, 0.15) is 5.56 Å². The minimum absolute atomic E-state index is 0.318. The monoisotopic (exact) mass is 259 g/mol. The fraction of sp³-hybridized carbons (Fsp3) is 0.400. The SMILES string of the molecule is COCCNCc1cc(Br)ccc1O. The van der Waals surface area contributed by atoms with Gasteiger partial charge in [0.1, 0.15) is 5.75 Å². The van der Waals surface area contributed by atoms with Gasteiger partial charge in [0.2, 0.25) is 0 Å². The molecular formula is C10H14BrNO2. The van der Waals surface area contributed by atoms with Crippen LogP contribution in [0, 0.1) is 0 Å². The third-order valence-electron chi connectivity index (χ3n) is 1.84. The third-order valence-corrected chi connectivity index (χ3v) is 2.33. The Balaban J connectivity index is 2.45. The first-order chi connectivity index (χ1) is 6.74. The second kappa shape index (κ2) is 6.01. The molecule has 0 aliphatic heterocycles. The molecule has 0 saturated carbocycles. The van der Waals surface area contributed by atoms with Crippen molar-refractivity contribution in [3.8, 4) is 5.75 Å². The largest absolute Gasteiger partial charge is 0.508 e. The fourth-order valence-electron chi connectivity index (χ4n) is 1.09. The first kappa shape index (κ1) is 11.5. The molecule has 0 saturated heterocycles. The normalized spacial score (nSPS) is 10.4. The van der Waals surface area contributed by atoms with Gasteiger partial charge in [0.25, 0.3) is 0 Å². The summed E-state index contributed by atoms with van der Waals surface area (Å²) in [5.74, 6) is 0.318.